The topological polar surface area (TPSA) is 192 Å². The van der Waals surface area contributed by atoms with Gasteiger partial charge in [0.05, 0.1) is 43.4 Å². The van der Waals surface area contributed by atoms with Crippen LogP contribution in [0.15, 0.2) is 54.7 Å². The quantitative estimate of drug-likeness (QED) is 0.0957. The molecule has 8 aliphatic rings. The van der Waals surface area contributed by atoms with Gasteiger partial charge in [-0.1, -0.05) is 55.5 Å². The Hall–Kier alpha value is -6.18. The number of aryl methyl sites for hydroxylation is 1. The number of nitrogens with zero attached hydrogens (tertiary/aromatic N) is 1. The smallest absolute Gasteiger partial charge is 0.254 e. The molecule has 8 bridgehead atoms. The summed E-state index contributed by atoms with van der Waals surface area (Å²) >= 11 is 0. The predicted octanol–water partition coefficient (Wildman–Crippen LogP) is 7.01. The fraction of sp³-hybridized carbons (Fsp3) is 0.439. The lowest BCUT2D eigenvalue weighted by Crippen LogP contribution is -2.70. The fourth-order valence-electron chi connectivity index (χ4n) is 13.4. The van der Waals surface area contributed by atoms with Crippen molar-refractivity contribution in [2.24, 2.45) is 5.92 Å². The second-order valence-corrected chi connectivity index (χ2v) is 20.8. The summed E-state index contributed by atoms with van der Waals surface area (Å²) in [6.45, 7) is -0.610. The monoisotopic (exact) mass is 959 g/mol. The highest BCUT2D eigenvalue weighted by Gasteiger charge is 2.59. The number of hydrogen-bond acceptors (Lipinski definition) is 12. The molecule has 4 aliphatic heterocycles. The van der Waals surface area contributed by atoms with Crippen molar-refractivity contribution in [2.45, 2.75) is 126 Å². The normalized spacial score (nSPS) is 29.1. The van der Waals surface area contributed by atoms with E-state index in [4.69, 9.17) is 23.7 Å². The van der Waals surface area contributed by atoms with Gasteiger partial charge in [-0.15, -0.1) is 0 Å². The third-order valence-corrected chi connectivity index (χ3v) is 16.9. The van der Waals surface area contributed by atoms with Crippen LogP contribution in [0.5, 0.6) is 17.2 Å². The van der Waals surface area contributed by atoms with E-state index in [0.717, 1.165) is 74.7 Å². The van der Waals surface area contributed by atoms with E-state index in [9.17, 15) is 25.2 Å². The van der Waals surface area contributed by atoms with Crippen molar-refractivity contribution in [1.82, 2.24) is 15.2 Å². The summed E-state index contributed by atoms with van der Waals surface area (Å²) in [5.74, 6) is 2.61. The van der Waals surface area contributed by atoms with E-state index in [1.807, 2.05) is 24.4 Å². The standard InChI is InChI=1S/C57H57N3O11/c1-67-52-36-16-15-32-22-31-8-5-12-34(31)46-45(32)47(36)49-51(64)48(46)42(62)26-60-25-40-30(7-4-13-35(40)55(60)65)9-6-20-68-54-50(63)44-27-69-43(19-17-37(52)53(49)71-56(70-44)57(54,66)28-61)39-24-59-41-18-14-29(21-38(39)41)23-58-33-10-2-3-11-33/h4,7,13-14,17-19,21-22,24,31,33-34,43-44,50,54,56,58-59,61,63-64,66H,2-3,5,8-12,15-16,23,25-28H2,1H3/b19-17+/t31-,34-,43+,44+,50+,54-,56+,57+/m0/s1. The number of ether oxygens (including phenoxy) is 5. The van der Waals surface area contributed by atoms with E-state index in [2.05, 4.69) is 46.6 Å². The number of phenolic OH excluding ortho intramolecular Hbond substituents is 1. The molecule has 3 fully saturated rings. The summed E-state index contributed by atoms with van der Waals surface area (Å²) in [4.78, 5) is 34.5. The van der Waals surface area contributed by atoms with E-state index in [-0.39, 0.29) is 66.3 Å². The third-order valence-electron chi connectivity index (χ3n) is 16.9. The second kappa shape index (κ2) is 17.3. The Kier molecular flexibility index (Phi) is 10.9. The van der Waals surface area contributed by atoms with Crippen LogP contribution in [0.1, 0.15) is 129 Å². The number of hydrogen-bond donors (Lipinski definition) is 6. The number of nitrogens with one attached hydrogen (secondary N) is 2. The number of fused-ring (bicyclic) bond motifs is 8. The number of aromatic hydroxyl groups is 1. The van der Waals surface area contributed by atoms with Gasteiger partial charge >= 0.3 is 0 Å². The maximum absolute atomic E-state index is 15.4. The Morgan fingerprint density at radius 1 is 1.01 bits per heavy atom. The van der Waals surface area contributed by atoms with Gasteiger partial charge in [-0.25, -0.2) is 0 Å². The first-order chi connectivity index (χ1) is 34.6. The zero-order chi connectivity index (χ0) is 48.3. The van der Waals surface area contributed by atoms with Crippen molar-refractivity contribution in [3.05, 3.63) is 110 Å². The lowest BCUT2D eigenvalue weighted by molar-refractivity contribution is -0.328. The first kappa shape index (κ1) is 44.7. The first-order valence-electron chi connectivity index (χ1n) is 25.3. The number of ketones is 1. The van der Waals surface area contributed by atoms with E-state index in [1.54, 1.807) is 19.2 Å². The summed E-state index contributed by atoms with van der Waals surface area (Å²) in [5.41, 5.74) is 6.39. The van der Waals surface area contributed by atoms with Gasteiger partial charge in [-0.3, -0.25) is 9.59 Å². The van der Waals surface area contributed by atoms with Gasteiger partial charge in [0.2, 0.25) is 6.29 Å². The van der Waals surface area contributed by atoms with Crippen molar-refractivity contribution in [1.29, 1.82) is 0 Å². The Balaban J connectivity index is 1.05. The van der Waals surface area contributed by atoms with Gasteiger partial charge in [-0.2, -0.15) is 0 Å². The van der Waals surface area contributed by atoms with E-state index >= 15 is 4.79 Å². The maximum atomic E-state index is 15.4. The third kappa shape index (κ3) is 6.99. The van der Waals surface area contributed by atoms with Crippen LogP contribution in [0, 0.1) is 17.9 Å². The molecule has 71 heavy (non-hydrogen) atoms. The summed E-state index contributed by atoms with van der Waals surface area (Å²) in [6.07, 6.45) is 12.6. The molecule has 5 aromatic rings. The number of benzene rings is 4. The Labute approximate surface area is 410 Å². The molecule has 13 rings (SSSR count). The molecule has 0 spiro atoms. The summed E-state index contributed by atoms with van der Waals surface area (Å²) < 4.78 is 32.9. The van der Waals surface area contributed by atoms with Gasteiger partial charge in [0.25, 0.3) is 5.91 Å². The van der Waals surface area contributed by atoms with Crippen LogP contribution >= 0.6 is 0 Å². The molecule has 4 aromatic carbocycles. The summed E-state index contributed by atoms with van der Waals surface area (Å²) in [7, 11) is 1.59. The van der Waals surface area contributed by atoms with Crippen LogP contribution in [-0.4, -0.2) is 105 Å². The molecule has 14 nitrogen and oxygen atoms in total. The minimum atomic E-state index is -2.45. The molecule has 6 N–H and O–H groups in total. The molecule has 366 valence electrons. The highest BCUT2D eigenvalue weighted by atomic mass is 16.7. The molecule has 0 unspecified atom stereocenters. The zero-order valence-corrected chi connectivity index (χ0v) is 39.6. The molecule has 2 saturated carbocycles. The molecular weight excluding hydrogens is 903 g/mol. The minimum absolute atomic E-state index is 0.0214. The average molecular weight is 960 g/mol. The van der Waals surface area contributed by atoms with Crippen molar-refractivity contribution in [3.8, 4) is 29.3 Å². The number of rotatable bonds is 6. The maximum Gasteiger partial charge on any atom is 0.254 e. The number of aromatic amines is 1. The highest BCUT2D eigenvalue weighted by molar-refractivity contribution is 6.17. The molecule has 8 atom stereocenters. The van der Waals surface area contributed by atoms with Gasteiger partial charge < -0.3 is 59.3 Å². The molecule has 0 radical (unpaired) electrons. The number of methoxy groups -OCH3 is 1. The number of allylic oxidation sites excluding steroid dienone is 2. The van der Waals surface area contributed by atoms with Crippen molar-refractivity contribution >= 4 is 45.0 Å². The summed E-state index contributed by atoms with van der Waals surface area (Å²) in [6, 6.07) is 12.2. The Bertz CT molecular complexity index is 3190. The number of phenols is 1. The van der Waals surface area contributed by atoms with E-state index < -0.39 is 48.7 Å². The van der Waals surface area contributed by atoms with Crippen LogP contribution in [0.3, 0.4) is 0 Å². The van der Waals surface area contributed by atoms with E-state index in [1.165, 1.54) is 30.6 Å². The lowest BCUT2D eigenvalue weighted by atomic mass is 9.69. The van der Waals surface area contributed by atoms with Crippen LogP contribution in [0.4, 0.5) is 0 Å². The zero-order valence-electron chi connectivity index (χ0n) is 39.6. The minimum Gasteiger partial charge on any atom is -0.506 e. The second-order valence-electron chi connectivity index (χ2n) is 20.8. The SMILES string of the molecule is COc1c2c3c4c(O)c(c5c6c4c1CCC6=C[C@@H]1CCC[C@H]51)C(=O)CN1Cc4c(cccc4C1=O)CC#CO[C@H]1[C@H](O)[C@@H](CO[C@@H](c4c[nH]c5ccc(CNC6CCCC6)cc45)/C=C/2)O[C@H](O3)[C@@]1(O)CO. The van der Waals surface area contributed by atoms with Crippen LogP contribution in [0.2, 0.25) is 0 Å². The number of H-pyrrole nitrogens is 1. The number of carbonyl (C=O) groups excluding carboxylic acids is 2. The molecule has 1 aromatic heterocycles. The molecule has 14 heteroatoms. The number of amides is 1. The molecule has 1 saturated heterocycles. The van der Waals surface area contributed by atoms with Crippen molar-refractivity contribution in [2.75, 3.05) is 26.9 Å². The van der Waals surface area contributed by atoms with Gasteiger partial charge in [-0.05, 0) is 108 Å². The highest BCUT2D eigenvalue weighted by Crippen LogP contribution is 2.60. The molecule has 1 amide bonds. The van der Waals surface area contributed by atoms with E-state index in [0.29, 0.717) is 47.7 Å². The summed E-state index contributed by atoms with van der Waals surface area (Å²) in [5, 5.41) is 55.0. The van der Waals surface area contributed by atoms with Gasteiger partial charge in [0, 0.05) is 64.7 Å². The largest absolute Gasteiger partial charge is 0.506 e. The van der Waals surface area contributed by atoms with Crippen molar-refractivity contribution in [3.63, 3.8) is 0 Å². The van der Waals surface area contributed by atoms with Crippen LogP contribution in [0.25, 0.3) is 33.3 Å². The predicted molar refractivity (Wildman–Crippen MR) is 263 cm³/mol. The number of aromatic nitrogens is 1. The first-order valence-corrected chi connectivity index (χ1v) is 25.3. The number of carbonyl (C=O) groups is 2. The molecule has 4 aliphatic carbocycles. The van der Waals surface area contributed by atoms with Gasteiger partial charge in [0.15, 0.2) is 17.5 Å². The van der Waals surface area contributed by atoms with Crippen molar-refractivity contribution < 1.29 is 53.7 Å². The number of Topliss-reactive ketones (excluding diaryl/α,β-unsaturated/α-hetero) is 1. The fourth-order valence-corrected chi connectivity index (χ4v) is 13.4. The number of aliphatic hydroxyl groups excluding tert-OH is 2. The van der Waals surface area contributed by atoms with Crippen LogP contribution < -0.4 is 14.8 Å². The number of aliphatic hydroxyl groups is 3. The molecular formula is C57H57N3O11. The average Bonchev–Trinajstić information content (AvgIpc) is 4.22. The lowest BCUT2D eigenvalue weighted by Gasteiger charge is -2.47. The van der Waals surface area contributed by atoms with Crippen LogP contribution in [-0.2, 0) is 40.1 Å². The Morgan fingerprint density at radius 3 is 2.73 bits per heavy atom. The molecule has 5 heterocycles. The Morgan fingerprint density at radius 2 is 1.89 bits per heavy atom. The van der Waals surface area contributed by atoms with Gasteiger partial charge in [0.1, 0.15) is 41.7 Å².